The molecule has 3 heterocycles. The second-order valence-electron chi connectivity index (χ2n) is 5.14. The smallest absolute Gasteiger partial charge is 0.239 e. The maximum absolute atomic E-state index is 12.2. The summed E-state index contributed by atoms with van der Waals surface area (Å²) < 4.78 is 5.06. The van der Waals surface area contributed by atoms with Gasteiger partial charge in [0.25, 0.3) is 0 Å². The molecule has 0 bridgehead atoms. The summed E-state index contributed by atoms with van der Waals surface area (Å²) in [6.45, 7) is 0.558. The van der Waals surface area contributed by atoms with Gasteiger partial charge in [-0.2, -0.15) is 0 Å². The average molecular weight is 327 g/mol. The molecular weight excluding hydrogens is 310 g/mol. The number of rotatable bonds is 6. The van der Waals surface area contributed by atoms with Crippen LogP contribution in [0.25, 0.3) is 11.2 Å². The molecule has 2 N–H and O–H groups in total. The Labute approximate surface area is 138 Å². The standard InChI is InChI=1S/C15H17N7O2/c1-22(15-13-14(19-8-18-13)20-9-21-15)7-11(23)17-6-10-3-4-16-12(5-10)24-2/h3-5,8-9H,6-7H2,1-2H3,(H,17,23)(H,18,19,20,21). The zero-order chi connectivity index (χ0) is 16.9. The molecule has 0 atom stereocenters. The second-order valence-corrected chi connectivity index (χ2v) is 5.14. The summed E-state index contributed by atoms with van der Waals surface area (Å²) in [6, 6.07) is 3.60. The highest BCUT2D eigenvalue weighted by Gasteiger charge is 2.13. The first-order chi connectivity index (χ1) is 11.7. The second kappa shape index (κ2) is 6.90. The van der Waals surface area contributed by atoms with E-state index < -0.39 is 0 Å². The van der Waals surface area contributed by atoms with Crippen molar-refractivity contribution in [2.24, 2.45) is 0 Å². The maximum atomic E-state index is 12.2. The number of anilines is 1. The van der Waals surface area contributed by atoms with Gasteiger partial charge in [-0.3, -0.25) is 4.79 Å². The molecule has 24 heavy (non-hydrogen) atoms. The van der Waals surface area contributed by atoms with Crippen LogP contribution in [0.2, 0.25) is 0 Å². The van der Waals surface area contributed by atoms with Crippen LogP contribution < -0.4 is 15.0 Å². The molecule has 0 aliphatic carbocycles. The van der Waals surface area contributed by atoms with Gasteiger partial charge in [0, 0.05) is 25.9 Å². The fourth-order valence-corrected chi connectivity index (χ4v) is 2.26. The quantitative estimate of drug-likeness (QED) is 0.679. The molecule has 1 amide bonds. The molecule has 0 aromatic carbocycles. The molecule has 3 aromatic rings. The number of ether oxygens (including phenoxy) is 1. The van der Waals surface area contributed by atoms with Crippen molar-refractivity contribution in [3.63, 3.8) is 0 Å². The van der Waals surface area contributed by atoms with Crippen molar-refractivity contribution >= 4 is 22.9 Å². The summed E-state index contributed by atoms with van der Waals surface area (Å²) >= 11 is 0. The summed E-state index contributed by atoms with van der Waals surface area (Å²) in [4.78, 5) is 33.3. The van der Waals surface area contributed by atoms with Crippen molar-refractivity contribution in [1.82, 2.24) is 30.2 Å². The largest absolute Gasteiger partial charge is 0.481 e. The highest BCUT2D eigenvalue weighted by atomic mass is 16.5. The SMILES string of the molecule is COc1cc(CNC(=O)CN(C)c2ncnc3nc[nH]c23)ccn1. The van der Waals surface area contributed by atoms with E-state index in [2.05, 4.69) is 30.2 Å². The van der Waals surface area contributed by atoms with E-state index in [-0.39, 0.29) is 12.5 Å². The number of amides is 1. The van der Waals surface area contributed by atoms with Gasteiger partial charge in [-0.25, -0.2) is 19.9 Å². The van der Waals surface area contributed by atoms with Crippen LogP contribution in [0.5, 0.6) is 5.88 Å². The molecule has 0 saturated heterocycles. The van der Waals surface area contributed by atoms with Crippen molar-refractivity contribution < 1.29 is 9.53 Å². The first-order valence-electron chi connectivity index (χ1n) is 7.28. The van der Waals surface area contributed by atoms with Gasteiger partial charge in [0.2, 0.25) is 11.8 Å². The first-order valence-corrected chi connectivity index (χ1v) is 7.28. The molecule has 9 nitrogen and oxygen atoms in total. The number of methoxy groups -OCH3 is 1. The number of aromatic nitrogens is 5. The molecule has 0 aliphatic heterocycles. The van der Waals surface area contributed by atoms with Gasteiger partial charge in [-0.1, -0.05) is 0 Å². The molecule has 9 heteroatoms. The van der Waals surface area contributed by atoms with Crippen LogP contribution in [0.15, 0.2) is 31.0 Å². The number of likely N-dealkylation sites (N-methyl/N-ethyl adjacent to an activating group) is 1. The van der Waals surface area contributed by atoms with E-state index in [1.54, 1.807) is 37.6 Å². The lowest BCUT2D eigenvalue weighted by Crippen LogP contribution is -2.35. The molecule has 0 aliphatic rings. The first kappa shape index (κ1) is 15.7. The van der Waals surface area contributed by atoms with E-state index >= 15 is 0 Å². The number of H-pyrrole nitrogens is 1. The summed E-state index contributed by atoms with van der Waals surface area (Å²) in [5.41, 5.74) is 2.18. The summed E-state index contributed by atoms with van der Waals surface area (Å²) in [7, 11) is 3.34. The third kappa shape index (κ3) is 3.40. The number of nitrogens with zero attached hydrogens (tertiary/aromatic N) is 5. The van der Waals surface area contributed by atoms with E-state index in [0.717, 1.165) is 5.56 Å². The molecule has 3 rings (SSSR count). The molecule has 3 aromatic heterocycles. The number of hydrogen-bond donors (Lipinski definition) is 2. The molecule has 124 valence electrons. The third-order valence-electron chi connectivity index (χ3n) is 3.44. The number of carbonyl (C=O) groups is 1. The monoisotopic (exact) mass is 327 g/mol. The van der Waals surface area contributed by atoms with E-state index in [1.807, 2.05) is 6.07 Å². The number of imidazole rings is 1. The van der Waals surface area contributed by atoms with Crippen molar-refractivity contribution in [2.75, 3.05) is 25.6 Å². The zero-order valence-corrected chi connectivity index (χ0v) is 13.4. The zero-order valence-electron chi connectivity index (χ0n) is 13.4. The van der Waals surface area contributed by atoms with Gasteiger partial charge in [0.05, 0.1) is 20.0 Å². The van der Waals surface area contributed by atoms with Gasteiger partial charge >= 0.3 is 0 Å². The van der Waals surface area contributed by atoms with Gasteiger partial charge in [0.15, 0.2) is 11.5 Å². The van der Waals surface area contributed by atoms with Crippen LogP contribution in [-0.4, -0.2) is 51.5 Å². The van der Waals surface area contributed by atoms with Crippen molar-refractivity contribution in [2.45, 2.75) is 6.54 Å². The van der Waals surface area contributed by atoms with Gasteiger partial charge in [0.1, 0.15) is 11.8 Å². The highest BCUT2D eigenvalue weighted by molar-refractivity contribution is 5.86. The van der Waals surface area contributed by atoms with Gasteiger partial charge in [-0.05, 0) is 11.6 Å². The Morgan fingerprint density at radius 1 is 1.33 bits per heavy atom. The Hall–Kier alpha value is -3.23. The fourth-order valence-electron chi connectivity index (χ4n) is 2.26. The van der Waals surface area contributed by atoms with Crippen LogP contribution in [0.1, 0.15) is 5.56 Å². The van der Waals surface area contributed by atoms with Crippen LogP contribution in [0.4, 0.5) is 5.82 Å². The number of fused-ring (bicyclic) bond motifs is 1. The van der Waals surface area contributed by atoms with Crippen molar-refractivity contribution in [1.29, 1.82) is 0 Å². The lowest BCUT2D eigenvalue weighted by atomic mass is 10.2. The minimum absolute atomic E-state index is 0.125. The topological polar surface area (TPSA) is 109 Å². The summed E-state index contributed by atoms with van der Waals surface area (Å²) in [5.74, 6) is 1.01. The molecule has 0 saturated carbocycles. The van der Waals surface area contributed by atoms with Crippen molar-refractivity contribution in [3.05, 3.63) is 36.5 Å². The Balaban J connectivity index is 1.61. The Bertz CT molecular complexity index is 848. The summed E-state index contributed by atoms with van der Waals surface area (Å²) in [6.07, 6.45) is 4.62. The molecular formula is C15H17N7O2. The van der Waals surface area contributed by atoms with Crippen molar-refractivity contribution in [3.8, 4) is 5.88 Å². The predicted octanol–water partition coefficient (Wildman–Crippen LogP) is 0.509. The number of aromatic amines is 1. The predicted molar refractivity (Wildman–Crippen MR) is 87.6 cm³/mol. The summed E-state index contributed by atoms with van der Waals surface area (Å²) in [5, 5.41) is 2.86. The van der Waals surface area contributed by atoms with E-state index in [9.17, 15) is 4.79 Å². The third-order valence-corrected chi connectivity index (χ3v) is 3.44. The van der Waals surface area contributed by atoms with Crippen LogP contribution in [-0.2, 0) is 11.3 Å². The maximum Gasteiger partial charge on any atom is 0.239 e. The van der Waals surface area contributed by atoms with Gasteiger partial charge in [-0.15, -0.1) is 0 Å². The Morgan fingerprint density at radius 3 is 3.04 bits per heavy atom. The molecule has 0 spiro atoms. The number of carbonyl (C=O) groups excluding carboxylic acids is 1. The van der Waals surface area contributed by atoms with Gasteiger partial charge < -0.3 is 19.9 Å². The lowest BCUT2D eigenvalue weighted by Gasteiger charge is -2.17. The number of pyridine rings is 1. The number of hydrogen-bond acceptors (Lipinski definition) is 7. The van der Waals surface area contributed by atoms with E-state index in [0.29, 0.717) is 29.4 Å². The highest BCUT2D eigenvalue weighted by Crippen LogP contribution is 2.17. The van der Waals surface area contributed by atoms with Crippen LogP contribution in [0, 0.1) is 0 Å². The molecule has 0 fully saturated rings. The average Bonchev–Trinajstić information content (AvgIpc) is 3.08. The number of nitrogens with one attached hydrogen (secondary N) is 2. The Kier molecular flexibility index (Phi) is 4.50. The minimum atomic E-state index is -0.125. The Morgan fingerprint density at radius 2 is 2.21 bits per heavy atom. The molecule has 0 radical (unpaired) electrons. The molecule has 0 unspecified atom stereocenters. The lowest BCUT2D eigenvalue weighted by molar-refractivity contribution is -0.119. The van der Waals surface area contributed by atoms with Crippen LogP contribution in [0.3, 0.4) is 0 Å². The fraction of sp³-hybridized carbons (Fsp3) is 0.267. The van der Waals surface area contributed by atoms with E-state index in [4.69, 9.17) is 4.74 Å². The normalized spacial score (nSPS) is 10.6. The van der Waals surface area contributed by atoms with E-state index in [1.165, 1.54) is 6.33 Å². The van der Waals surface area contributed by atoms with Crippen LogP contribution >= 0.6 is 0 Å². The minimum Gasteiger partial charge on any atom is -0.481 e.